The highest BCUT2D eigenvalue weighted by molar-refractivity contribution is 7.26. The van der Waals surface area contributed by atoms with Crippen molar-refractivity contribution in [1.82, 2.24) is 0 Å². The minimum absolute atomic E-state index is 0.924. The summed E-state index contributed by atoms with van der Waals surface area (Å²) in [6, 6.07) is 67.9. The number of furan rings is 1. The standard InChI is InChI=1S/C50H31NOS/c1-2-9-32(10-3-1)33-17-22-37(23-18-33)51(38-24-19-36(20-25-38)41-16-8-13-34-11-4-6-14-40(34)41)39-26-29-46-44(31-39)49-47(53-46)30-27-43-48-42-15-7-5-12-35(42)21-28-45(48)52-50(43)49/h1-31H. The molecule has 0 saturated heterocycles. The van der Waals surface area contributed by atoms with E-state index < -0.39 is 0 Å². The van der Waals surface area contributed by atoms with Gasteiger partial charge in [0.2, 0.25) is 0 Å². The Kier molecular flexibility index (Phi) is 6.76. The van der Waals surface area contributed by atoms with Crippen LogP contribution in [0.3, 0.4) is 0 Å². The third kappa shape index (κ3) is 4.86. The Hall–Kier alpha value is -6.68. The molecule has 0 radical (unpaired) electrons. The van der Waals surface area contributed by atoms with Gasteiger partial charge in [0.1, 0.15) is 11.2 Å². The number of hydrogen-bond acceptors (Lipinski definition) is 3. The Morgan fingerprint density at radius 2 is 1.00 bits per heavy atom. The van der Waals surface area contributed by atoms with Gasteiger partial charge in [-0.15, -0.1) is 11.3 Å². The minimum Gasteiger partial charge on any atom is -0.455 e. The molecule has 0 fully saturated rings. The fourth-order valence-electron chi connectivity index (χ4n) is 8.14. The SMILES string of the molecule is c1ccc(-c2ccc(N(c3ccc(-c4cccc5ccccc45)cc3)c3ccc4sc5ccc6c(oc7ccc8ccccc8c76)c5c4c3)cc2)cc1. The second kappa shape index (κ2) is 11.9. The van der Waals surface area contributed by atoms with E-state index in [4.69, 9.17) is 4.42 Å². The number of hydrogen-bond donors (Lipinski definition) is 0. The van der Waals surface area contributed by atoms with Gasteiger partial charge in [0.05, 0.1) is 0 Å². The maximum Gasteiger partial charge on any atom is 0.144 e. The maximum atomic E-state index is 6.74. The van der Waals surface area contributed by atoms with Crippen LogP contribution < -0.4 is 4.90 Å². The van der Waals surface area contributed by atoms with E-state index >= 15 is 0 Å². The van der Waals surface area contributed by atoms with Gasteiger partial charge in [-0.1, -0.05) is 127 Å². The Bertz CT molecular complexity index is 3150. The number of nitrogens with zero attached hydrogens (tertiary/aromatic N) is 1. The summed E-state index contributed by atoms with van der Waals surface area (Å²) in [6.45, 7) is 0. The number of rotatable bonds is 5. The zero-order chi connectivity index (χ0) is 34.9. The van der Waals surface area contributed by atoms with Crippen molar-refractivity contribution in [2.24, 2.45) is 0 Å². The quantitative estimate of drug-likeness (QED) is 0.178. The minimum atomic E-state index is 0.924. The fourth-order valence-corrected chi connectivity index (χ4v) is 9.22. The highest BCUT2D eigenvalue weighted by Crippen LogP contribution is 2.46. The molecule has 0 unspecified atom stereocenters. The molecule has 11 aromatic rings. The number of fused-ring (bicyclic) bond motifs is 10. The topological polar surface area (TPSA) is 16.4 Å². The molecule has 53 heavy (non-hydrogen) atoms. The van der Waals surface area contributed by atoms with Crippen LogP contribution in [0.1, 0.15) is 0 Å². The molecule has 9 aromatic carbocycles. The van der Waals surface area contributed by atoms with E-state index in [1.54, 1.807) is 0 Å². The van der Waals surface area contributed by atoms with Gasteiger partial charge in [0.15, 0.2) is 0 Å². The largest absolute Gasteiger partial charge is 0.455 e. The van der Waals surface area contributed by atoms with Gasteiger partial charge in [0, 0.05) is 48.0 Å². The van der Waals surface area contributed by atoms with Gasteiger partial charge >= 0.3 is 0 Å². The van der Waals surface area contributed by atoms with Crippen LogP contribution in [0.5, 0.6) is 0 Å². The van der Waals surface area contributed by atoms with E-state index in [0.29, 0.717) is 0 Å². The summed E-state index contributed by atoms with van der Waals surface area (Å²) in [5.74, 6) is 0. The summed E-state index contributed by atoms with van der Waals surface area (Å²) < 4.78 is 9.21. The van der Waals surface area contributed by atoms with Gasteiger partial charge in [-0.3, -0.25) is 0 Å². The van der Waals surface area contributed by atoms with Crippen LogP contribution in [-0.2, 0) is 0 Å². The normalized spacial score (nSPS) is 11.8. The summed E-state index contributed by atoms with van der Waals surface area (Å²) in [6.07, 6.45) is 0. The summed E-state index contributed by atoms with van der Waals surface area (Å²) >= 11 is 1.82. The lowest BCUT2D eigenvalue weighted by Crippen LogP contribution is -2.09. The second-order valence-electron chi connectivity index (χ2n) is 13.7. The molecule has 11 rings (SSSR count). The maximum absolute atomic E-state index is 6.74. The van der Waals surface area contributed by atoms with Crippen molar-refractivity contribution in [3.8, 4) is 22.3 Å². The third-order valence-corrected chi connectivity index (χ3v) is 11.8. The Morgan fingerprint density at radius 3 is 1.79 bits per heavy atom. The number of anilines is 3. The Balaban J connectivity index is 1.09. The molecule has 2 nitrogen and oxygen atoms in total. The molecule has 2 aromatic heterocycles. The first-order chi connectivity index (χ1) is 26.3. The van der Waals surface area contributed by atoms with Crippen molar-refractivity contribution < 1.29 is 4.42 Å². The molecule has 0 aliphatic heterocycles. The molecule has 0 N–H and O–H groups in total. The molecule has 0 spiro atoms. The monoisotopic (exact) mass is 693 g/mol. The van der Waals surface area contributed by atoms with Crippen LogP contribution in [-0.4, -0.2) is 0 Å². The fraction of sp³-hybridized carbons (Fsp3) is 0. The summed E-state index contributed by atoms with van der Waals surface area (Å²) in [7, 11) is 0. The molecule has 0 atom stereocenters. The van der Waals surface area contributed by atoms with Crippen LogP contribution in [0.4, 0.5) is 17.1 Å². The first-order valence-electron chi connectivity index (χ1n) is 18.0. The van der Waals surface area contributed by atoms with E-state index in [2.05, 4.69) is 193 Å². The summed E-state index contributed by atoms with van der Waals surface area (Å²) in [5, 5.41) is 9.67. The first kappa shape index (κ1) is 30.0. The van der Waals surface area contributed by atoms with E-state index in [1.165, 1.54) is 69.4 Å². The van der Waals surface area contributed by atoms with Gasteiger partial charge in [-0.05, 0) is 104 Å². The van der Waals surface area contributed by atoms with Crippen molar-refractivity contribution in [1.29, 1.82) is 0 Å². The lowest BCUT2D eigenvalue weighted by Gasteiger charge is -2.26. The third-order valence-electron chi connectivity index (χ3n) is 10.7. The molecule has 0 aliphatic carbocycles. The molecular weight excluding hydrogens is 663 g/mol. The lowest BCUT2D eigenvalue weighted by molar-refractivity contribution is 0.673. The van der Waals surface area contributed by atoms with Gasteiger partial charge in [-0.25, -0.2) is 0 Å². The number of thiophene rings is 1. The van der Waals surface area contributed by atoms with Crippen LogP contribution >= 0.6 is 11.3 Å². The lowest BCUT2D eigenvalue weighted by atomic mass is 9.98. The average Bonchev–Trinajstić information content (AvgIpc) is 3.80. The van der Waals surface area contributed by atoms with Crippen LogP contribution in [0.15, 0.2) is 192 Å². The molecule has 0 aliphatic rings. The predicted molar refractivity (Wildman–Crippen MR) is 227 cm³/mol. The highest BCUT2D eigenvalue weighted by Gasteiger charge is 2.19. The molecule has 2 heterocycles. The molecule has 248 valence electrons. The molecule has 0 bridgehead atoms. The van der Waals surface area contributed by atoms with Gasteiger partial charge < -0.3 is 9.32 Å². The first-order valence-corrected chi connectivity index (χ1v) is 18.8. The molecule has 0 amide bonds. The van der Waals surface area contributed by atoms with Crippen molar-refractivity contribution >= 4 is 92.1 Å². The molecule has 0 saturated carbocycles. The van der Waals surface area contributed by atoms with Crippen LogP contribution in [0.25, 0.3) is 85.9 Å². The van der Waals surface area contributed by atoms with Gasteiger partial charge in [-0.2, -0.15) is 0 Å². The average molecular weight is 694 g/mol. The van der Waals surface area contributed by atoms with Crippen molar-refractivity contribution in [2.45, 2.75) is 0 Å². The zero-order valence-corrected chi connectivity index (χ0v) is 29.5. The Morgan fingerprint density at radius 1 is 0.377 bits per heavy atom. The number of benzene rings is 9. The second-order valence-corrected chi connectivity index (χ2v) is 14.8. The van der Waals surface area contributed by atoms with Crippen molar-refractivity contribution in [3.63, 3.8) is 0 Å². The molecule has 3 heteroatoms. The van der Waals surface area contributed by atoms with Crippen LogP contribution in [0, 0.1) is 0 Å². The highest BCUT2D eigenvalue weighted by atomic mass is 32.1. The van der Waals surface area contributed by atoms with E-state index in [0.717, 1.165) is 33.6 Å². The Labute approximate surface area is 310 Å². The van der Waals surface area contributed by atoms with E-state index in [-0.39, 0.29) is 0 Å². The van der Waals surface area contributed by atoms with E-state index in [9.17, 15) is 0 Å². The smallest absolute Gasteiger partial charge is 0.144 e. The van der Waals surface area contributed by atoms with Gasteiger partial charge in [0.25, 0.3) is 0 Å². The van der Waals surface area contributed by atoms with Crippen molar-refractivity contribution in [3.05, 3.63) is 188 Å². The molecular formula is C50H31NOS. The predicted octanol–water partition coefficient (Wildman–Crippen LogP) is 15.1. The van der Waals surface area contributed by atoms with Crippen LogP contribution in [0.2, 0.25) is 0 Å². The van der Waals surface area contributed by atoms with E-state index in [1.807, 2.05) is 11.3 Å². The zero-order valence-electron chi connectivity index (χ0n) is 28.7. The van der Waals surface area contributed by atoms with Crippen molar-refractivity contribution in [2.75, 3.05) is 4.90 Å². The summed E-state index contributed by atoms with van der Waals surface area (Å²) in [4.78, 5) is 2.37. The summed E-state index contributed by atoms with van der Waals surface area (Å²) in [5.41, 5.74) is 10.0.